The molecular formula is C23H21N3O4S2. The summed E-state index contributed by atoms with van der Waals surface area (Å²) >= 11 is 1.31. The first-order valence-corrected chi connectivity index (χ1v) is 12.0. The molecule has 0 saturated heterocycles. The second-order valence-corrected chi connectivity index (χ2v) is 9.28. The molecule has 0 saturated carbocycles. The van der Waals surface area contributed by atoms with Gasteiger partial charge in [0.2, 0.25) is 21.8 Å². The number of hydrogen-bond donors (Lipinski definition) is 3. The number of nitrogens with one attached hydrogen (secondary N) is 2. The van der Waals surface area contributed by atoms with Gasteiger partial charge in [0.05, 0.1) is 10.6 Å². The van der Waals surface area contributed by atoms with Gasteiger partial charge < -0.3 is 10.6 Å². The SMILES string of the molecule is NS(=O)(=O)c1ccc(NC(=O)CSc2cccc(NC(=O)/C=C/c3ccccc3)c2)cc1. The van der Waals surface area contributed by atoms with Crippen molar-refractivity contribution in [2.75, 3.05) is 16.4 Å². The van der Waals surface area contributed by atoms with E-state index in [0.717, 1.165) is 10.5 Å². The molecule has 32 heavy (non-hydrogen) atoms. The number of benzene rings is 3. The molecule has 9 heteroatoms. The summed E-state index contributed by atoms with van der Waals surface area (Å²) in [6.45, 7) is 0. The minimum atomic E-state index is -3.78. The van der Waals surface area contributed by atoms with E-state index >= 15 is 0 Å². The fourth-order valence-electron chi connectivity index (χ4n) is 2.66. The fourth-order valence-corrected chi connectivity index (χ4v) is 3.93. The Morgan fingerprint density at radius 1 is 0.875 bits per heavy atom. The predicted molar refractivity (Wildman–Crippen MR) is 128 cm³/mol. The van der Waals surface area contributed by atoms with Crippen molar-refractivity contribution in [2.24, 2.45) is 5.14 Å². The van der Waals surface area contributed by atoms with Crippen LogP contribution in [0, 0.1) is 0 Å². The van der Waals surface area contributed by atoms with Gasteiger partial charge in [-0.05, 0) is 54.1 Å². The third-order valence-electron chi connectivity index (χ3n) is 4.16. The second-order valence-electron chi connectivity index (χ2n) is 6.67. The number of rotatable bonds is 8. The molecule has 7 nitrogen and oxygen atoms in total. The molecule has 0 heterocycles. The topological polar surface area (TPSA) is 118 Å². The first-order valence-electron chi connectivity index (χ1n) is 9.49. The van der Waals surface area contributed by atoms with E-state index in [1.165, 1.54) is 42.1 Å². The molecular weight excluding hydrogens is 446 g/mol. The lowest BCUT2D eigenvalue weighted by Crippen LogP contribution is -2.15. The van der Waals surface area contributed by atoms with Crippen molar-refractivity contribution in [3.8, 4) is 0 Å². The molecule has 0 aliphatic heterocycles. The van der Waals surface area contributed by atoms with Crippen LogP contribution in [-0.4, -0.2) is 26.0 Å². The summed E-state index contributed by atoms with van der Waals surface area (Å²) in [6.07, 6.45) is 3.19. The average Bonchev–Trinajstić information content (AvgIpc) is 2.77. The molecule has 0 radical (unpaired) electrons. The van der Waals surface area contributed by atoms with Crippen LogP contribution in [-0.2, 0) is 19.6 Å². The third-order valence-corrected chi connectivity index (χ3v) is 6.09. The zero-order valence-corrected chi connectivity index (χ0v) is 18.5. The van der Waals surface area contributed by atoms with Gasteiger partial charge in [-0.15, -0.1) is 11.8 Å². The van der Waals surface area contributed by atoms with Gasteiger partial charge in [0.25, 0.3) is 0 Å². The van der Waals surface area contributed by atoms with Gasteiger partial charge in [0.1, 0.15) is 0 Å². The van der Waals surface area contributed by atoms with E-state index in [-0.39, 0.29) is 22.5 Å². The van der Waals surface area contributed by atoms with Crippen molar-refractivity contribution in [1.82, 2.24) is 0 Å². The molecule has 164 valence electrons. The smallest absolute Gasteiger partial charge is 0.248 e. The zero-order valence-electron chi connectivity index (χ0n) is 16.9. The molecule has 0 fully saturated rings. The lowest BCUT2D eigenvalue weighted by molar-refractivity contribution is -0.114. The number of hydrogen-bond acceptors (Lipinski definition) is 5. The van der Waals surface area contributed by atoms with E-state index in [9.17, 15) is 18.0 Å². The van der Waals surface area contributed by atoms with Crippen LogP contribution in [0.25, 0.3) is 6.08 Å². The number of carbonyl (C=O) groups excluding carboxylic acids is 2. The maximum absolute atomic E-state index is 12.2. The highest BCUT2D eigenvalue weighted by Gasteiger charge is 2.09. The highest BCUT2D eigenvalue weighted by atomic mass is 32.2. The molecule has 3 aromatic carbocycles. The van der Waals surface area contributed by atoms with Gasteiger partial charge in [0, 0.05) is 22.3 Å². The number of primary sulfonamides is 1. The first kappa shape index (κ1) is 23.3. The standard InChI is InChI=1S/C23H21N3O4S2/c24-32(29,30)21-12-10-18(11-13-21)25-23(28)16-31-20-8-4-7-19(15-20)26-22(27)14-9-17-5-2-1-3-6-17/h1-15H,16H2,(H,25,28)(H,26,27)(H2,24,29,30)/b14-9+. The summed E-state index contributed by atoms with van der Waals surface area (Å²) in [4.78, 5) is 25.1. The summed E-state index contributed by atoms with van der Waals surface area (Å²) in [5.41, 5.74) is 2.02. The molecule has 0 aliphatic rings. The summed E-state index contributed by atoms with van der Waals surface area (Å²) in [5, 5.41) is 10.6. The minimum Gasteiger partial charge on any atom is -0.325 e. The molecule has 3 aromatic rings. The summed E-state index contributed by atoms with van der Waals surface area (Å²) in [5.74, 6) is -0.363. The van der Waals surface area contributed by atoms with Crippen LogP contribution in [0.15, 0.2) is 94.7 Å². The van der Waals surface area contributed by atoms with Crippen LogP contribution in [0.1, 0.15) is 5.56 Å². The van der Waals surface area contributed by atoms with Gasteiger partial charge >= 0.3 is 0 Å². The van der Waals surface area contributed by atoms with Crippen molar-refractivity contribution < 1.29 is 18.0 Å². The Bertz CT molecular complexity index is 1230. The Labute approximate surface area is 190 Å². The van der Waals surface area contributed by atoms with Crippen LogP contribution in [0.5, 0.6) is 0 Å². The molecule has 0 aliphatic carbocycles. The molecule has 0 bridgehead atoms. The van der Waals surface area contributed by atoms with E-state index in [1.807, 2.05) is 36.4 Å². The number of amides is 2. The molecule has 2 amide bonds. The van der Waals surface area contributed by atoms with Crippen molar-refractivity contribution in [3.63, 3.8) is 0 Å². The number of carbonyl (C=O) groups is 2. The van der Waals surface area contributed by atoms with Gasteiger partial charge in [-0.25, -0.2) is 13.6 Å². The number of thioether (sulfide) groups is 1. The van der Waals surface area contributed by atoms with E-state index in [4.69, 9.17) is 5.14 Å². The highest BCUT2D eigenvalue weighted by molar-refractivity contribution is 8.00. The highest BCUT2D eigenvalue weighted by Crippen LogP contribution is 2.22. The quantitative estimate of drug-likeness (QED) is 0.345. The van der Waals surface area contributed by atoms with Crippen LogP contribution in [0.2, 0.25) is 0 Å². The predicted octanol–water partition coefficient (Wildman–Crippen LogP) is 3.72. The largest absolute Gasteiger partial charge is 0.325 e. The van der Waals surface area contributed by atoms with Crippen molar-refractivity contribution in [3.05, 3.63) is 90.5 Å². The lowest BCUT2D eigenvalue weighted by Gasteiger charge is -2.07. The molecule has 0 atom stereocenters. The number of nitrogens with two attached hydrogens (primary N) is 1. The van der Waals surface area contributed by atoms with Gasteiger partial charge in [-0.3, -0.25) is 9.59 Å². The van der Waals surface area contributed by atoms with Gasteiger partial charge in [-0.2, -0.15) is 0 Å². The minimum absolute atomic E-state index is 0.0256. The Balaban J connectivity index is 1.51. The Morgan fingerprint density at radius 2 is 1.59 bits per heavy atom. The molecule has 0 spiro atoms. The van der Waals surface area contributed by atoms with Crippen LogP contribution >= 0.6 is 11.8 Å². The van der Waals surface area contributed by atoms with E-state index < -0.39 is 10.0 Å². The van der Waals surface area contributed by atoms with Crippen LogP contribution < -0.4 is 15.8 Å². The van der Waals surface area contributed by atoms with E-state index in [0.29, 0.717) is 11.4 Å². The average molecular weight is 468 g/mol. The summed E-state index contributed by atoms with van der Waals surface area (Å²) in [6, 6.07) is 22.3. The lowest BCUT2D eigenvalue weighted by atomic mass is 10.2. The Kier molecular flexibility index (Phi) is 7.82. The number of sulfonamides is 1. The van der Waals surface area contributed by atoms with E-state index in [2.05, 4.69) is 10.6 Å². The summed E-state index contributed by atoms with van der Waals surface area (Å²) in [7, 11) is -3.78. The van der Waals surface area contributed by atoms with Gasteiger partial charge in [-0.1, -0.05) is 36.4 Å². The Morgan fingerprint density at radius 3 is 2.28 bits per heavy atom. The summed E-state index contributed by atoms with van der Waals surface area (Å²) < 4.78 is 22.6. The van der Waals surface area contributed by atoms with E-state index in [1.54, 1.807) is 24.3 Å². The van der Waals surface area contributed by atoms with Crippen molar-refractivity contribution >= 4 is 51.1 Å². The molecule has 3 rings (SSSR count). The maximum Gasteiger partial charge on any atom is 0.248 e. The van der Waals surface area contributed by atoms with Crippen molar-refractivity contribution in [1.29, 1.82) is 0 Å². The number of anilines is 2. The Hall–Kier alpha value is -3.40. The van der Waals surface area contributed by atoms with Crippen LogP contribution in [0.4, 0.5) is 11.4 Å². The molecule has 0 unspecified atom stereocenters. The third kappa shape index (κ3) is 7.38. The second kappa shape index (κ2) is 10.8. The normalized spacial score (nSPS) is 11.3. The fraction of sp³-hybridized carbons (Fsp3) is 0.0435. The van der Waals surface area contributed by atoms with Crippen LogP contribution in [0.3, 0.4) is 0 Å². The molecule has 0 aromatic heterocycles. The zero-order chi connectivity index (χ0) is 23.0. The van der Waals surface area contributed by atoms with Crippen molar-refractivity contribution in [2.45, 2.75) is 9.79 Å². The molecule has 4 N–H and O–H groups in total. The maximum atomic E-state index is 12.2. The van der Waals surface area contributed by atoms with Gasteiger partial charge in [0.15, 0.2) is 0 Å². The first-order chi connectivity index (χ1) is 15.3. The monoisotopic (exact) mass is 467 g/mol.